The molecule has 0 aliphatic heterocycles. The summed E-state index contributed by atoms with van der Waals surface area (Å²) in [6.07, 6.45) is 2.80. The van der Waals surface area contributed by atoms with Crippen molar-refractivity contribution in [3.63, 3.8) is 0 Å². The van der Waals surface area contributed by atoms with Crippen LogP contribution in [0.4, 0.5) is 0 Å². The first-order valence-corrected chi connectivity index (χ1v) is 4.72. The third kappa shape index (κ3) is 3.70. The van der Waals surface area contributed by atoms with Crippen molar-refractivity contribution in [2.24, 2.45) is 5.73 Å². The van der Waals surface area contributed by atoms with Crippen molar-refractivity contribution in [2.75, 3.05) is 6.61 Å². The first kappa shape index (κ1) is 12.8. The summed E-state index contributed by atoms with van der Waals surface area (Å²) in [5.74, 6) is -0.393. The molecule has 0 atom stereocenters. The highest BCUT2D eigenvalue weighted by Gasteiger charge is 2.11. The Kier molecular flexibility index (Phi) is 5.79. The summed E-state index contributed by atoms with van der Waals surface area (Å²) in [6.45, 7) is 5.62. The predicted molar refractivity (Wildman–Crippen MR) is 60.9 cm³/mol. The number of rotatable bonds is 4. The van der Waals surface area contributed by atoms with Crippen LogP contribution in [0.25, 0.3) is 0 Å². The molecule has 0 spiro atoms. The molecule has 4 heteroatoms. The van der Waals surface area contributed by atoms with Gasteiger partial charge in [-0.3, -0.25) is 0 Å². The highest BCUT2D eigenvalue weighted by Crippen LogP contribution is 2.10. The largest absolute Gasteiger partial charge is 0.462 e. The number of nitrogens with two attached hydrogens (primary N) is 1. The topological polar surface area (TPSA) is 52.3 Å². The molecule has 0 radical (unpaired) electrons. The van der Waals surface area contributed by atoms with Gasteiger partial charge in [0.15, 0.2) is 0 Å². The first-order chi connectivity index (χ1) is 6.54. The lowest BCUT2D eigenvalue weighted by Crippen LogP contribution is -2.10. The summed E-state index contributed by atoms with van der Waals surface area (Å²) in [7, 11) is 0. The van der Waals surface area contributed by atoms with Gasteiger partial charge in [-0.25, -0.2) is 4.79 Å². The van der Waals surface area contributed by atoms with Gasteiger partial charge in [-0.1, -0.05) is 12.2 Å². The van der Waals surface area contributed by atoms with Crippen LogP contribution >= 0.6 is 12.2 Å². The Hall–Kier alpha value is -1.16. The number of allylic oxidation sites excluding steroid dienone is 1. The molecule has 0 rings (SSSR count). The van der Waals surface area contributed by atoms with Gasteiger partial charge in [0.05, 0.1) is 12.2 Å². The Morgan fingerprint density at radius 1 is 1.50 bits per heavy atom. The van der Waals surface area contributed by atoms with Gasteiger partial charge in [-0.15, -0.1) is 0 Å². The van der Waals surface area contributed by atoms with E-state index < -0.39 is 5.97 Å². The summed E-state index contributed by atoms with van der Waals surface area (Å²) in [6, 6.07) is 0. The Bertz CT molecular complexity index is 292. The number of carbonyl (C=O) groups is 1. The van der Waals surface area contributed by atoms with E-state index in [2.05, 4.69) is 0 Å². The molecular weight excluding hydrogens is 198 g/mol. The molecule has 0 aliphatic rings. The normalized spacial score (nSPS) is 12.5. The maximum absolute atomic E-state index is 11.4. The van der Waals surface area contributed by atoms with E-state index in [0.717, 1.165) is 5.57 Å². The van der Waals surface area contributed by atoms with E-state index in [1.165, 1.54) is 12.3 Å². The van der Waals surface area contributed by atoms with Crippen LogP contribution in [-0.2, 0) is 9.53 Å². The van der Waals surface area contributed by atoms with Crippen molar-refractivity contribution >= 4 is 23.1 Å². The minimum Gasteiger partial charge on any atom is -0.462 e. The molecule has 0 aliphatic carbocycles. The Balaban J connectivity index is 5.03. The molecule has 0 bridgehead atoms. The molecule has 3 nitrogen and oxygen atoms in total. The fraction of sp³-hybridized carbons (Fsp3) is 0.400. The van der Waals surface area contributed by atoms with Crippen LogP contribution in [-0.4, -0.2) is 17.4 Å². The molecular formula is C10H15NO2S. The number of esters is 1. The van der Waals surface area contributed by atoms with E-state index in [9.17, 15) is 4.79 Å². The van der Waals surface area contributed by atoms with E-state index in [1.54, 1.807) is 20.8 Å². The van der Waals surface area contributed by atoms with Crippen molar-refractivity contribution in [3.05, 3.63) is 23.4 Å². The molecule has 2 N–H and O–H groups in total. The summed E-state index contributed by atoms with van der Waals surface area (Å²) < 4.78 is 4.86. The second-order valence-electron chi connectivity index (χ2n) is 2.67. The molecule has 0 amide bonds. The molecule has 0 aromatic carbocycles. The third-order valence-corrected chi connectivity index (χ3v) is 2.00. The number of hydrogen-bond donors (Lipinski definition) is 1. The predicted octanol–water partition coefficient (Wildman–Crippen LogP) is 1.73. The zero-order valence-electron chi connectivity index (χ0n) is 8.66. The van der Waals surface area contributed by atoms with Crippen molar-refractivity contribution in [3.8, 4) is 0 Å². The molecule has 14 heavy (non-hydrogen) atoms. The van der Waals surface area contributed by atoms with Gasteiger partial charge in [0.1, 0.15) is 0 Å². The summed E-state index contributed by atoms with van der Waals surface area (Å²) >= 11 is 4.97. The maximum atomic E-state index is 11.4. The first-order valence-electron chi connectivity index (χ1n) is 4.31. The second-order valence-corrected chi connectivity index (χ2v) is 3.29. The molecule has 78 valence electrons. The van der Waals surface area contributed by atoms with Gasteiger partial charge >= 0.3 is 5.97 Å². The fourth-order valence-electron chi connectivity index (χ4n) is 0.841. The number of carbonyl (C=O) groups excluding carboxylic acids is 1. The lowest BCUT2D eigenvalue weighted by atomic mass is 10.1. The average Bonchev–Trinajstić information content (AvgIpc) is 2.13. The van der Waals surface area contributed by atoms with Crippen LogP contribution in [0.1, 0.15) is 20.8 Å². The fourth-order valence-corrected chi connectivity index (χ4v) is 0.951. The van der Waals surface area contributed by atoms with E-state index in [-0.39, 0.29) is 0 Å². The van der Waals surface area contributed by atoms with Crippen molar-refractivity contribution in [1.82, 2.24) is 0 Å². The van der Waals surface area contributed by atoms with Gasteiger partial charge in [0.2, 0.25) is 0 Å². The number of ether oxygens (including phenoxy) is 1. The molecule has 0 fully saturated rings. The number of hydrogen-bond acceptors (Lipinski definition) is 4. The summed E-state index contributed by atoms with van der Waals surface area (Å²) in [4.78, 5) is 12.1. The monoisotopic (exact) mass is 213 g/mol. The standard InChI is InChI=1S/C10H15NO2S/c1-4-13-10(12)9(5-6-11)7(2)8(3)14/h5-6H,4,11H2,1-3H3. The molecule has 0 aromatic rings. The minimum absolute atomic E-state index is 0.338. The smallest absolute Gasteiger partial charge is 0.338 e. The SMILES string of the molecule is CCOC(=O)C(C=CN)=C(C)C(C)=S. The lowest BCUT2D eigenvalue weighted by molar-refractivity contribution is -0.138. The maximum Gasteiger partial charge on any atom is 0.338 e. The van der Waals surface area contributed by atoms with Crippen molar-refractivity contribution in [2.45, 2.75) is 20.8 Å². The van der Waals surface area contributed by atoms with Crippen LogP contribution in [0, 0.1) is 0 Å². The van der Waals surface area contributed by atoms with Crippen LogP contribution in [0.3, 0.4) is 0 Å². The zero-order chi connectivity index (χ0) is 11.1. The highest BCUT2D eigenvalue weighted by atomic mass is 32.1. The van der Waals surface area contributed by atoms with E-state index >= 15 is 0 Å². The van der Waals surface area contributed by atoms with E-state index in [1.807, 2.05) is 0 Å². The van der Waals surface area contributed by atoms with Gasteiger partial charge in [-0.2, -0.15) is 0 Å². The van der Waals surface area contributed by atoms with Crippen molar-refractivity contribution in [1.29, 1.82) is 0 Å². The Morgan fingerprint density at radius 3 is 2.43 bits per heavy atom. The van der Waals surface area contributed by atoms with E-state index in [4.69, 9.17) is 22.7 Å². The minimum atomic E-state index is -0.393. The highest BCUT2D eigenvalue weighted by molar-refractivity contribution is 7.80. The summed E-state index contributed by atoms with van der Waals surface area (Å²) in [5, 5.41) is 0. The van der Waals surface area contributed by atoms with E-state index in [0.29, 0.717) is 17.0 Å². The summed E-state index contributed by atoms with van der Waals surface area (Å²) in [5.41, 5.74) is 6.38. The molecule has 0 aromatic heterocycles. The van der Waals surface area contributed by atoms with Crippen LogP contribution in [0.5, 0.6) is 0 Å². The second kappa shape index (κ2) is 6.32. The molecule has 0 saturated carbocycles. The van der Waals surface area contributed by atoms with Gasteiger partial charge in [0, 0.05) is 4.86 Å². The lowest BCUT2D eigenvalue weighted by Gasteiger charge is -2.06. The van der Waals surface area contributed by atoms with Crippen LogP contribution in [0.2, 0.25) is 0 Å². The van der Waals surface area contributed by atoms with Crippen LogP contribution in [0.15, 0.2) is 23.4 Å². The van der Waals surface area contributed by atoms with Crippen LogP contribution < -0.4 is 5.73 Å². The molecule has 0 unspecified atom stereocenters. The zero-order valence-corrected chi connectivity index (χ0v) is 9.48. The number of thiocarbonyl (C=S) groups is 1. The van der Waals surface area contributed by atoms with Gasteiger partial charge < -0.3 is 10.5 Å². The van der Waals surface area contributed by atoms with Gasteiger partial charge in [-0.05, 0) is 38.6 Å². The molecule has 0 heterocycles. The van der Waals surface area contributed by atoms with Gasteiger partial charge in [0.25, 0.3) is 0 Å². The average molecular weight is 213 g/mol. The Labute approximate surface area is 89.6 Å². The molecule has 0 saturated heterocycles. The van der Waals surface area contributed by atoms with Crippen molar-refractivity contribution < 1.29 is 9.53 Å². The third-order valence-electron chi connectivity index (χ3n) is 1.69. The Morgan fingerprint density at radius 2 is 2.07 bits per heavy atom. The quantitative estimate of drug-likeness (QED) is 0.334.